The van der Waals surface area contributed by atoms with Crippen molar-refractivity contribution in [2.45, 2.75) is 4.90 Å². The first-order chi connectivity index (χ1) is 11.9. The zero-order valence-corrected chi connectivity index (χ0v) is 15.9. The van der Waals surface area contributed by atoms with Gasteiger partial charge in [0.25, 0.3) is 0 Å². The molecule has 26 heavy (non-hydrogen) atoms. The van der Waals surface area contributed by atoms with Crippen molar-refractivity contribution in [3.05, 3.63) is 63.2 Å². The van der Waals surface area contributed by atoms with Crippen LogP contribution in [0, 0.1) is 0 Å². The minimum absolute atomic E-state index is 0. The Bertz CT molecular complexity index is 961. The average molecular weight is 422 g/mol. The summed E-state index contributed by atoms with van der Waals surface area (Å²) in [6.45, 7) is 0. The monoisotopic (exact) mass is 420 g/mol. The molecule has 0 saturated heterocycles. The van der Waals surface area contributed by atoms with Gasteiger partial charge in [-0.3, -0.25) is 0 Å². The van der Waals surface area contributed by atoms with E-state index in [4.69, 9.17) is 34.8 Å². The van der Waals surface area contributed by atoms with Crippen LogP contribution in [0.25, 0.3) is 16.9 Å². The number of aromatic carboxylic acids is 1. The average Bonchev–Trinajstić information content (AvgIpc) is 2.95. The van der Waals surface area contributed by atoms with Gasteiger partial charge >= 0.3 is 24.8 Å². The molecule has 3 rings (SSSR count). The predicted molar refractivity (Wildman–Crippen MR) is 110 cm³/mol. The van der Waals surface area contributed by atoms with Gasteiger partial charge in [-0.1, -0.05) is 46.9 Å². The van der Waals surface area contributed by atoms with Gasteiger partial charge in [-0.2, -0.15) is 5.10 Å². The van der Waals surface area contributed by atoms with E-state index in [0.29, 0.717) is 31.3 Å². The fraction of sp³-hybridized carbons (Fsp3) is 0.0588. The minimum atomic E-state index is -1.11. The fourth-order valence-electron chi connectivity index (χ4n) is 2.43. The van der Waals surface area contributed by atoms with Gasteiger partial charge in [0.1, 0.15) is 0 Å². The summed E-state index contributed by atoms with van der Waals surface area (Å²) in [4.78, 5) is 12.2. The van der Waals surface area contributed by atoms with Crippen LogP contribution in [0.2, 0.25) is 15.1 Å². The molecule has 0 aliphatic rings. The van der Waals surface area contributed by atoms with Gasteiger partial charge in [0.05, 0.1) is 21.3 Å². The van der Waals surface area contributed by atoms with Crippen molar-refractivity contribution in [2.75, 3.05) is 6.26 Å². The number of carboxylic acids is 1. The molecule has 1 aromatic heterocycles. The fourth-order valence-corrected chi connectivity index (χ4v) is 3.76. The van der Waals surface area contributed by atoms with Crippen LogP contribution in [-0.4, -0.2) is 46.0 Å². The van der Waals surface area contributed by atoms with E-state index in [1.807, 2.05) is 12.1 Å². The summed E-state index contributed by atoms with van der Waals surface area (Å²) in [5.74, 6) is -1.11. The molecule has 9 heteroatoms. The van der Waals surface area contributed by atoms with E-state index in [1.54, 1.807) is 36.6 Å². The molecule has 2 aromatic carbocycles. The van der Waals surface area contributed by atoms with Crippen LogP contribution >= 0.6 is 46.6 Å². The van der Waals surface area contributed by atoms with Crippen molar-refractivity contribution in [3.63, 3.8) is 0 Å². The second kappa shape index (κ2) is 8.75. The van der Waals surface area contributed by atoms with Crippen LogP contribution in [0.3, 0.4) is 0 Å². The maximum atomic E-state index is 11.6. The molecule has 0 atom stereocenters. The summed E-state index contributed by atoms with van der Waals surface area (Å²) in [6.07, 6.45) is 1.80. The van der Waals surface area contributed by atoms with E-state index in [1.165, 1.54) is 16.4 Å². The molecule has 4 nitrogen and oxygen atoms in total. The molecule has 0 unspecified atom stereocenters. The summed E-state index contributed by atoms with van der Waals surface area (Å²) in [6, 6.07) is 12.1. The van der Waals surface area contributed by atoms with E-state index < -0.39 is 5.97 Å². The number of rotatable bonds is 4. The van der Waals surface area contributed by atoms with Crippen LogP contribution in [0.15, 0.2) is 47.4 Å². The van der Waals surface area contributed by atoms with Crippen molar-refractivity contribution < 1.29 is 9.90 Å². The normalized spacial score (nSPS) is 10.5. The Labute approximate surface area is 181 Å². The Morgan fingerprint density at radius 3 is 2.23 bits per heavy atom. The Hall–Kier alpha value is -1.06. The molecule has 0 fully saturated rings. The van der Waals surface area contributed by atoms with Crippen molar-refractivity contribution >= 4 is 71.4 Å². The second-order valence-electron chi connectivity index (χ2n) is 5.05. The molecule has 0 aliphatic carbocycles. The standard InChI is InChI=1S/C17H11Cl3N2O2S.Li.H/c1-25-16-14(17(23)24)21-22(13-7-6-11(19)8-12(13)20)15(16)9-2-4-10(18)5-3-9;;/h2-8H,1H3,(H,23,24);;. The number of hydrogen-bond acceptors (Lipinski definition) is 3. The van der Waals surface area contributed by atoms with Gasteiger partial charge in [0.15, 0.2) is 5.69 Å². The Balaban J connectivity index is 0.00000243. The topological polar surface area (TPSA) is 55.1 Å². The van der Waals surface area contributed by atoms with Gasteiger partial charge in [-0.15, -0.1) is 11.8 Å². The molecule has 130 valence electrons. The van der Waals surface area contributed by atoms with Gasteiger partial charge < -0.3 is 5.11 Å². The molecule has 0 aliphatic heterocycles. The number of benzene rings is 2. The first-order valence-electron chi connectivity index (χ1n) is 7.04. The van der Waals surface area contributed by atoms with Gasteiger partial charge in [0, 0.05) is 15.6 Å². The first kappa shape index (κ1) is 21.2. The first-order valence-corrected chi connectivity index (χ1v) is 9.40. The van der Waals surface area contributed by atoms with E-state index in [9.17, 15) is 9.90 Å². The molecular formula is C17H12Cl3LiN2O2S. The molecule has 0 saturated carbocycles. The van der Waals surface area contributed by atoms with Crippen LogP contribution in [0.1, 0.15) is 10.5 Å². The van der Waals surface area contributed by atoms with E-state index >= 15 is 0 Å². The third-order valence-electron chi connectivity index (χ3n) is 3.50. The predicted octanol–water partition coefficient (Wildman–Crippen LogP) is 5.27. The van der Waals surface area contributed by atoms with Crippen molar-refractivity contribution in [3.8, 4) is 16.9 Å². The summed E-state index contributed by atoms with van der Waals surface area (Å²) >= 11 is 19.6. The third kappa shape index (κ3) is 4.09. The van der Waals surface area contributed by atoms with Crippen LogP contribution in [0.5, 0.6) is 0 Å². The number of halogens is 3. The molecule has 0 amide bonds. The second-order valence-corrected chi connectivity index (χ2v) is 7.15. The SMILES string of the molecule is CSc1c(C(=O)O)nn(-c2ccc(Cl)cc2Cl)c1-c1ccc(Cl)cc1.[LiH]. The van der Waals surface area contributed by atoms with E-state index in [0.717, 1.165) is 5.56 Å². The third-order valence-corrected chi connectivity index (χ3v) is 5.09. The quantitative estimate of drug-likeness (QED) is 0.460. The molecule has 3 aromatic rings. The summed E-state index contributed by atoms with van der Waals surface area (Å²) in [5, 5.41) is 15.2. The molecule has 0 radical (unpaired) electrons. The molecule has 1 N–H and O–H groups in total. The zero-order valence-electron chi connectivity index (χ0n) is 12.8. The van der Waals surface area contributed by atoms with Crippen molar-refractivity contribution in [1.29, 1.82) is 0 Å². The molecule has 1 heterocycles. The summed E-state index contributed by atoms with van der Waals surface area (Å²) in [7, 11) is 0. The van der Waals surface area contributed by atoms with Crippen LogP contribution in [0.4, 0.5) is 0 Å². The van der Waals surface area contributed by atoms with Crippen LogP contribution < -0.4 is 0 Å². The Morgan fingerprint density at radius 2 is 1.69 bits per heavy atom. The van der Waals surface area contributed by atoms with Crippen molar-refractivity contribution in [1.82, 2.24) is 9.78 Å². The maximum absolute atomic E-state index is 11.6. The van der Waals surface area contributed by atoms with Crippen LogP contribution in [-0.2, 0) is 0 Å². The number of nitrogens with zero attached hydrogens (tertiary/aromatic N) is 2. The number of aromatic nitrogens is 2. The van der Waals surface area contributed by atoms with Gasteiger partial charge in [-0.25, -0.2) is 9.48 Å². The molecular weight excluding hydrogens is 410 g/mol. The number of hydrogen-bond donors (Lipinski definition) is 1. The van der Waals surface area contributed by atoms with Gasteiger partial charge in [0.2, 0.25) is 0 Å². The Kier molecular flexibility index (Phi) is 7.15. The van der Waals surface area contributed by atoms with Crippen molar-refractivity contribution in [2.24, 2.45) is 0 Å². The summed E-state index contributed by atoms with van der Waals surface area (Å²) in [5.41, 5.74) is 1.91. The van der Waals surface area contributed by atoms with Gasteiger partial charge in [-0.05, 0) is 36.6 Å². The molecule has 0 spiro atoms. The molecule has 0 bridgehead atoms. The Morgan fingerprint density at radius 1 is 1.08 bits per heavy atom. The van der Waals surface area contributed by atoms with E-state index in [-0.39, 0.29) is 24.6 Å². The van der Waals surface area contributed by atoms with E-state index in [2.05, 4.69) is 5.10 Å². The number of carboxylic acid groups (broad SMARTS) is 1. The number of thioether (sulfide) groups is 1. The number of carbonyl (C=O) groups is 1. The summed E-state index contributed by atoms with van der Waals surface area (Å²) < 4.78 is 1.52. The zero-order chi connectivity index (χ0) is 18.1.